The molecule has 0 spiro atoms. The maximum atomic E-state index is 5.00. The van der Waals surface area contributed by atoms with Crippen molar-refractivity contribution in [1.82, 2.24) is 15.1 Å². The zero-order valence-electron chi connectivity index (χ0n) is 16.4. The summed E-state index contributed by atoms with van der Waals surface area (Å²) < 4.78 is 0. The monoisotopic (exact) mass is 470 g/mol. The number of guanidine groups is 1. The van der Waals surface area contributed by atoms with E-state index in [0.717, 1.165) is 38.1 Å². The summed E-state index contributed by atoms with van der Waals surface area (Å²) in [4.78, 5) is 10.1. The van der Waals surface area contributed by atoms with E-state index in [1.54, 1.807) is 0 Å². The van der Waals surface area contributed by atoms with Gasteiger partial charge in [0, 0.05) is 38.6 Å². The molecule has 2 fully saturated rings. The van der Waals surface area contributed by atoms with Gasteiger partial charge in [-0.25, -0.2) is 0 Å². The number of nitrogens with one attached hydrogen (secondary N) is 1. The molecule has 0 amide bonds. The van der Waals surface area contributed by atoms with Gasteiger partial charge >= 0.3 is 0 Å². The third-order valence-corrected chi connectivity index (χ3v) is 5.50. The quantitative estimate of drug-likeness (QED) is 0.390. The molecule has 0 aliphatic carbocycles. The number of halogens is 1. The summed E-state index contributed by atoms with van der Waals surface area (Å²) in [5, 5.41) is 3.52. The Kier molecular flexibility index (Phi) is 9.19. The van der Waals surface area contributed by atoms with Gasteiger partial charge in [-0.15, -0.1) is 24.0 Å². The molecule has 0 bridgehead atoms. The highest BCUT2D eigenvalue weighted by atomic mass is 127. The Hall–Kier alpha value is -0.820. The molecule has 1 aromatic carbocycles. The predicted octanol–water partition coefficient (Wildman–Crippen LogP) is 3.79. The third-order valence-electron chi connectivity index (χ3n) is 5.50. The molecule has 1 aromatic rings. The standard InChI is InChI=1S/C21H34N4.HI/c1-3-12-24-13-10-18(16-24)15-23-21(22-4-2)25-14-11-20(17-25)19-8-6-5-7-9-19;/h5-9,18,20H,3-4,10-17H2,1-2H3,(H,22,23);1H. The maximum absolute atomic E-state index is 5.00. The van der Waals surface area contributed by atoms with Crippen LogP contribution in [0, 0.1) is 5.92 Å². The van der Waals surface area contributed by atoms with E-state index in [1.807, 2.05) is 0 Å². The lowest BCUT2D eigenvalue weighted by molar-refractivity contribution is 0.326. The van der Waals surface area contributed by atoms with Gasteiger partial charge in [-0.05, 0) is 50.8 Å². The Morgan fingerprint density at radius 3 is 2.65 bits per heavy atom. The van der Waals surface area contributed by atoms with Crippen LogP contribution >= 0.6 is 24.0 Å². The average molecular weight is 470 g/mol. The molecular weight excluding hydrogens is 435 g/mol. The van der Waals surface area contributed by atoms with Crippen LogP contribution in [-0.2, 0) is 0 Å². The number of rotatable bonds is 6. The van der Waals surface area contributed by atoms with Crippen LogP contribution in [0.3, 0.4) is 0 Å². The molecule has 5 heteroatoms. The molecular formula is C21H35IN4. The Morgan fingerprint density at radius 2 is 1.92 bits per heavy atom. The highest BCUT2D eigenvalue weighted by molar-refractivity contribution is 14.0. The van der Waals surface area contributed by atoms with Crippen molar-refractivity contribution in [2.24, 2.45) is 10.9 Å². The SMILES string of the molecule is CCCN1CCC(CN=C(NCC)N2CCC(c3ccccc3)C2)C1.I. The molecule has 2 saturated heterocycles. The molecule has 4 nitrogen and oxygen atoms in total. The van der Waals surface area contributed by atoms with Gasteiger partial charge in [0.2, 0.25) is 0 Å². The van der Waals surface area contributed by atoms with Gasteiger partial charge < -0.3 is 15.1 Å². The van der Waals surface area contributed by atoms with Crippen molar-refractivity contribution >= 4 is 29.9 Å². The lowest BCUT2D eigenvalue weighted by atomic mass is 9.99. The summed E-state index contributed by atoms with van der Waals surface area (Å²) >= 11 is 0. The van der Waals surface area contributed by atoms with E-state index in [2.05, 4.69) is 59.3 Å². The minimum absolute atomic E-state index is 0. The minimum Gasteiger partial charge on any atom is -0.357 e. The van der Waals surface area contributed by atoms with Gasteiger partial charge in [0.25, 0.3) is 0 Å². The Bertz CT molecular complexity index is 548. The lowest BCUT2D eigenvalue weighted by Crippen LogP contribution is -2.40. The highest BCUT2D eigenvalue weighted by Crippen LogP contribution is 2.27. The normalized spacial score (nSPS) is 23.9. The fourth-order valence-corrected chi connectivity index (χ4v) is 4.17. The first-order valence-corrected chi connectivity index (χ1v) is 10.1. The van der Waals surface area contributed by atoms with Gasteiger partial charge in [-0.2, -0.15) is 0 Å². The fraction of sp³-hybridized carbons (Fsp3) is 0.667. The smallest absolute Gasteiger partial charge is 0.193 e. The molecule has 2 atom stereocenters. The average Bonchev–Trinajstić information content (AvgIpc) is 3.29. The molecule has 1 N–H and O–H groups in total. The second-order valence-corrected chi connectivity index (χ2v) is 7.49. The third kappa shape index (κ3) is 5.84. The van der Waals surface area contributed by atoms with E-state index in [0.29, 0.717) is 5.92 Å². The summed E-state index contributed by atoms with van der Waals surface area (Å²) in [6.07, 6.45) is 3.78. The van der Waals surface area contributed by atoms with Crippen LogP contribution in [0.25, 0.3) is 0 Å². The van der Waals surface area contributed by atoms with E-state index in [-0.39, 0.29) is 24.0 Å². The van der Waals surface area contributed by atoms with Gasteiger partial charge in [0.15, 0.2) is 5.96 Å². The first-order valence-electron chi connectivity index (χ1n) is 10.1. The zero-order valence-corrected chi connectivity index (χ0v) is 18.7. The van der Waals surface area contributed by atoms with E-state index in [1.165, 1.54) is 44.5 Å². The van der Waals surface area contributed by atoms with E-state index in [4.69, 9.17) is 4.99 Å². The molecule has 0 radical (unpaired) electrons. The van der Waals surface area contributed by atoms with Crippen molar-refractivity contribution in [2.75, 3.05) is 45.8 Å². The lowest BCUT2D eigenvalue weighted by Gasteiger charge is -2.22. The van der Waals surface area contributed by atoms with Gasteiger partial charge in [-0.3, -0.25) is 4.99 Å². The molecule has 0 saturated carbocycles. The van der Waals surface area contributed by atoms with E-state index < -0.39 is 0 Å². The first-order chi connectivity index (χ1) is 12.3. The number of benzene rings is 1. The van der Waals surface area contributed by atoms with Crippen LogP contribution in [0.4, 0.5) is 0 Å². The molecule has 2 aliphatic heterocycles. The molecule has 2 heterocycles. The highest BCUT2D eigenvalue weighted by Gasteiger charge is 2.27. The maximum Gasteiger partial charge on any atom is 0.193 e. The van der Waals surface area contributed by atoms with Crippen molar-refractivity contribution in [3.8, 4) is 0 Å². The van der Waals surface area contributed by atoms with E-state index >= 15 is 0 Å². The topological polar surface area (TPSA) is 30.9 Å². The molecule has 0 aromatic heterocycles. The van der Waals surface area contributed by atoms with Crippen molar-refractivity contribution in [2.45, 2.75) is 39.0 Å². The summed E-state index contributed by atoms with van der Waals surface area (Å²) in [6.45, 7) is 12.3. The Morgan fingerprint density at radius 1 is 1.12 bits per heavy atom. The second kappa shape index (κ2) is 11.1. The largest absolute Gasteiger partial charge is 0.357 e. The fourth-order valence-electron chi connectivity index (χ4n) is 4.17. The summed E-state index contributed by atoms with van der Waals surface area (Å²) in [5.74, 6) is 2.49. The molecule has 3 rings (SSSR count). The van der Waals surface area contributed by atoms with Gasteiger partial charge in [0.05, 0.1) is 0 Å². The van der Waals surface area contributed by atoms with Crippen molar-refractivity contribution in [1.29, 1.82) is 0 Å². The van der Waals surface area contributed by atoms with Crippen LogP contribution < -0.4 is 5.32 Å². The summed E-state index contributed by atoms with van der Waals surface area (Å²) in [5.41, 5.74) is 1.46. The second-order valence-electron chi connectivity index (χ2n) is 7.49. The minimum atomic E-state index is 0. The molecule has 2 aliphatic rings. The van der Waals surface area contributed by atoms with Crippen molar-refractivity contribution in [3.63, 3.8) is 0 Å². The number of hydrogen-bond acceptors (Lipinski definition) is 2. The van der Waals surface area contributed by atoms with E-state index in [9.17, 15) is 0 Å². The summed E-state index contributed by atoms with van der Waals surface area (Å²) in [6, 6.07) is 10.9. The molecule has 26 heavy (non-hydrogen) atoms. The van der Waals surface area contributed by atoms with Crippen LogP contribution in [-0.4, -0.2) is 61.6 Å². The number of nitrogens with zero attached hydrogens (tertiary/aromatic N) is 3. The Labute approximate surface area is 176 Å². The molecule has 146 valence electrons. The molecule has 2 unspecified atom stereocenters. The number of aliphatic imine (C=N–C) groups is 1. The Balaban J connectivity index is 0.00000243. The van der Waals surface area contributed by atoms with Crippen LogP contribution in [0.15, 0.2) is 35.3 Å². The predicted molar refractivity (Wildman–Crippen MR) is 122 cm³/mol. The van der Waals surface area contributed by atoms with Gasteiger partial charge in [-0.1, -0.05) is 37.3 Å². The first kappa shape index (κ1) is 21.5. The zero-order chi connectivity index (χ0) is 17.5. The van der Waals surface area contributed by atoms with Crippen molar-refractivity contribution in [3.05, 3.63) is 35.9 Å². The van der Waals surface area contributed by atoms with Crippen LogP contribution in [0.5, 0.6) is 0 Å². The van der Waals surface area contributed by atoms with Crippen LogP contribution in [0.1, 0.15) is 44.6 Å². The van der Waals surface area contributed by atoms with Gasteiger partial charge in [0.1, 0.15) is 0 Å². The van der Waals surface area contributed by atoms with Crippen molar-refractivity contribution < 1.29 is 0 Å². The number of hydrogen-bond donors (Lipinski definition) is 1. The number of likely N-dealkylation sites (tertiary alicyclic amines) is 2. The summed E-state index contributed by atoms with van der Waals surface area (Å²) in [7, 11) is 0. The van der Waals surface area contributed by atoms with Crippen LogP contribution in [0.2, 0.25) is 0 Å².